The van der Waals surface area contributed by atoms with Gasteiger partial charge in [0.15, 0.2) is 5.82 Å². The van der Waals surface area contributed by atoms with E-state index in [4.69, 9.17) is 5.73 Å². The second kappa shape index (κ2) is 5.27. The first-order valence-corrected chi connectivity index (χ1v) is 6.36. The predicted molar refractivity (Wildman–Crippen MR) is 69.1 cm³/mol. The number of aromatic nitrogens is 2. The lowest BCUT2D eigenvalue weighted by atomic mass is 10.2. The van der Waals surface area contributed by atoms with Crippen LogP contribution in [0, 0.1) is 11.3 Å². The number of hydrogen-bond acceptors (Lipinski definition) is 5. The second-order valence-electron chi connectivity index (χ2n) is 4.59. The highest BCUT2D eigenvalue weighted by Crippen LogP contribution is 2.30. The number of hydrogen-bond donors (Lipinski definition) is 2. The average molecular weight is 249 g/mol. The lowest BCUT2D eigenvalue weighted by molar-refractivity contribution is 0.266. The van der Waals surface area contributed by atoms with Crippen LogP contribution in [0.5, 0.6) is 0 Å². The molecule has 0 amide bonds. The summed E-state index contributed by atoms with van der Waals surface area (Å²) >= 11 is 0. The van der Waals surface area contributed by atoms with Gasteiger partial charge in [0, 0.05) is 13.1 Å². The van der Waals surface area contributed by atoms with Crippen LogP contribution in [0.1, 0.15) is 31.7 Å². The zero-order valence-corrected chi connectivity index (χ0v) is 10.6. The van der Waals surface area contributed by atoms with Crippen LogP contribution in [0.15, 0.2) is 0 Å². The molecule has 1 aliphatic rings. The van der Waals surface area contributed by atoms with Crippen LogP contribution < -0.4 is 10.6 Å². The van der Waals surface area contributed by atoms with Crippen molar-refractivity contribution in [3.05, 3.63) is 5.56 Å². The molecule has 2 heterocycles. The van der Waals surface area contributed by atoms with Crippen LogP contribution in [0.4, 0.5) is 11.6 Å². The molecule has 6 heteroatoms. The van der Waals surface area contributed by atoms with E-state index in [1.165, 1.54) is 0 Å². The molecule has 1 saturated heterocycles. The van der Waals surface area contributed by atoms with Gasteiger partial charge in [-0.15, -0.1) is 0 Å². The fourth-order valence-corrected chi connectivity index (χ4v) is 2.46. The summed E-state index contributed by atoms with van der Waals surface area (Å²) in [4.78, 5) is 2.00. The maximum absolute atomic E-state index is 9.35. The zero-order chi connectivity index (χ0) is 13.1. The van der Waals surface area contributed by atoms with Gasteiger partial charge in [-0.3, -0.25) is 0 Å². The Morgan fingerprint density at radius 3 is 3.00 bits per heavy atom. The van der Waals surface area contributed by atoms with Gasteiger partial charge in [-0.2, -0.15) is 10.4 Å². The third-order valence-electron chi connectivity index (χ3n) is 3.38. The highest BCUT2D eigenvalue weighted by atomic mass is 16.3. The monoisotopic (exact) mass is 249 g/mol. The number of aliphatic hydroxyl groups is 1. The maximum Gasteiger partial charge on any atom is 0.171 e. The third-order valence-corrected chi connectivity index (χ3v) is 3.38. The second-order valence-corrected chi connectivity index (χ2v) is 4.59. The Morgan fingerprint density at radius 2 is 2.39 bits per heavy atom. The van der Waals surface area contributed by atoms with Gasteiger partial charge in [0.1, 0.15) is 17.5 Å². The SMILES string of the molecule is CCCn1nc(N2CCCC2CO)c(C#N)c1N. The molecular weight excluding hydrogens is 230 g/mol. The van der Waals surface area contributed by atoms with Crippen LogP contribution in [0.2, 0.25) is 0 Å². The van der Waals surface area contributed by atoms with Crippen molar-refractivity contribution in [1.29, 1.82) is 5.26 Å². The number of aryl methyl sites for hydroxylation is 1. The first-order chi connectivity index (χ1) is 8.72. The highest BCUT2D eigenvalue weighted by Gasteiger charge is 2.29. The summed E-state index contributed by atoms with van der Waals surface area (Å²) in [7, 11) is 0. The van der Waals surface area contributed by atoms with E-state index in [1.807, 2.05) is 11.8 Å². The van der Waals surface area contributed by atoms with Crippen LogP contribution in [-0.2, 0) is 6.54 Å². The van der Waals surface area contributed by atoms with E-state index >= 15 is 0 Å². The van der Waals surface area contributed by atoms with Crippen LogP contribution in [-0.4, -0.2) is 34.1 Å². The van der Waals surface area contributed by atoms with E-state index < -0.39 is 0 Å². The van der Waals surface area contributed by atoms with Gasteiger partial charge in [0.25, 0.3) is 0 Å². The standard InChI is InChI=1S/C12H19N5O/c1-2-5-17-11(14)10(7-13)12(15-17)16-6-3-4-9(16)8-18/h9,18H,2-6,8,14H2,1H3. The zero-order valence-electron chi connectivity index (χ0n) is 10.6. The van der Waals surface area contributed by atoms with Crippen molar-refractivity contribution in [2.24, 2.45) is 0 Å². The fraction of sp³-hybridized carbons (Fsp3) is 0.667. The van der Waals surface area contributed by atoms with Crippen molar-refractivity contribution in [3.8, 4) is 6.07 Å². The van der Waals surface area contributed by atoms with Crippen molar-refractivity contribution in [2.75, 3.05) is 23.8 Å². The Morgan fingerprint density at radius 1 is 1.61 bits per heavy atom. The Balaban J connectivity index is 2.38. The van der Waals surface area contributed by atoms with Gasteiger partial charge in [0.05, 0.1) is 12.6 Å². The fourth-order valence-electron chi connectivity index (χ4n) is 2.46. The minimum Gasteiger partial charge on any atom is -0.394 e. The van der Waals surface area contributed by atoms with Crippen LogP contribution in [0.3, 0.4) is 0 Å². The Hall–Kier alpha value is -1.74. The first kappa shape index (κ1) is 12.7. The molecule has 0 spiro atoms. The summed E-state index contributed by atoms with van der Waals surface area (Å²) in [5, 5.41) is 23.0. The molecule has 1 unspecified atom stereocenters. The molecule has 6 nitrogen and oxygen atoms in total. The molecule has 1 aliphatic heterocycles. The number of nitriles is 1. The number of aliphatic hydroxyl groups excluding tert-OH is 1. The average Bonchev–Trinajstić information content (AvgIpc) is 2.95. The summed E-state index contributed by atoms with van der Waals surface area (Å²) in [6.07, 6.45) is 2.86. The first-order valence-electron chi connectivity index (χ1n) is 6.36. The number of rotatable bonds is 4. The molecule has 0 aromatic carbocycles. The Bertz CT molecular complexity index is 462. The van der Waals surface area contributed by atoms with Gasteiger partial charge in [0.2, 0.25) is 0 Å². The molecule has 98 valence electrons. The summed E-state index contributed by atoms with van der Waals surface area (Å²) in [5.74, 6) is 1.05. The summed E-state index contributed by atoms with van der Waals surface area (Å²) in [6, 6.07) is 2.19. The van der Waals surface area contributed by atoms with Crippen LogP contribution in [0.25, 0.3) is 0 Å². The third kappa shape index (κ3) is 2.02. The summed E-state index contributed by atoms with van der Waals surface area (Å²) < 4.78 is 1.68. The largest absolute Gasteiger partial charge is 0.394 e. The summed E-state index contributed by atoms with van der Waals surface area (Å²) in [5.41, 5.74) is 6.38. The molecule has 0 aliphatic carbocycles. The molecule has 2 rings (SSSR count). The van der Waals surface area contributed by atoms with E-state index in [9.17, 15) is 10.4 Å². The topological polar surface area (TPSA) is 91.1 Å². The molecule has 0 radical (unpaired) electrons. The molecule has 0 saturated carbocycles. The predicted octanol–water partition coefficient (Wildman–Crippen LogP) is 0.708. The molecule has 1 atom stereocenters. The molecule has 1 aromatic heterocycles. The Kier molecular flexibility index (Phi) is 3.72. The number of nitrogens with zero attached hydrogens (tertiary/aromatic N) is 4. The lowest BCUT2D eigenvalue weighted by Gasteiger charge is -2.22. The number of nitrogens with two attached hydrogens (primary N) is 1. The van der Waals surface area contributed by atoms with E-state index in [0.29, 0.717) is 23.7 Å². The lowest BCUT2D eigenvalue weighted by Crippen LogP contribution is -2.33. The van der Waals surface area contributed by atoms with Crippen molar-refractivity contribution in [3.63, 3.8) is 0 Å². The van der Waals surface area contributed by atoms with E-state index in [2.05, 4.69) is 11.2 Å². The smallest absolute Gasteiger partial charge is 0.171 e. The molecular formula is C12H19N5O. The normalized spacial score (nSPS) is 19.2. The minimum absolute atomic E-state index is 0.0569. The van der Waals surface area contributed by atoms with E-state index in [1.54, 1.807) is 4.68 Å². The van der Waals surface area contributed by atoms with Crippen molar-refractivity contribution >= 4 is 11.6 Å². The summed E-state index contributed by atoms with van der Waals surface area (Å²) in [6.45, 7) is 3.66. The number of nitrogen functional groups attached to an aromatic ring is 1. The quantitative estimate of drug-likeness (QED) is 0.820. The van der Waals surface area contributed by atoms with Gasteiger partial charge >= 0.3 is 0 Å². The van der Waals surface area contributed by atoms with Crippen molar-refractivity contribution in [2.45, 2.75) is 38.8 Å². The Labute approximate surface area is 107 Å². The highest BCUT2D eigenvalue weighted by molar-refractivity contribution is 5.65. The van der Waals surface area contributed by atoms with Crippen LogP contribution >= 0.6 is 0 Å². The molecule has 3 N–H and O–H groups in total. The molecule has 1 aromatic rings. The van der Waals surface area contributed by atoms with Gasteiger partial charge < -0.3 is 15.7 Å². The molecule has 0 bridgehead atoms. The van der Waals surface area contributed by atoms with Crippen molar-refractivity contribution < 1.29 is 5.11 Å². The maximum atomic E-state index is 9.35. The molecule has 1 fully saturated rings. The number of anilines is 2. The van der Waals surface area contributed by atoms with Crippen molar-refractivity contribution in [1.82, 2.24) is 9.78 Å². The molecule has 18 heavy (non-hydrogen) atoms. The minimum atomic E-state index is 0.0569. The van der Waals surface area contributed by atoms with Gasteiger partial charge in [-0.05, 0) is 19.3 Å². The van der Waals surface area contributed by atoms with Gasteiger partial charge in [-0.1, -0.05) is 6.92 Å². The van der Waals surface area contributed by atoms with E-state index in [-0.39, 0.29) is 12.6 Å². The van der Waals surface area contributed by atoms with Gasteiger partial charge in [-0.25, -0.2) is 4.68 Å². The van der Waals surface area contributed by atoms with E-state index in [0.717, 1.165) is 25.8 Å².